The van der Waals surface area contributed by atoms with Gasteiger partial charge in [-0.05, 0) is 24.3 Å². The fraction of sp³-hybridized carbons (Fsp3) is 0.250. The SMILES string of the molecule is CC(=O)N(C)C.O=C(O)c1ccc(C(=O)O)cc1. The molecule has 1 aromatic rings. The molecule has 6 heteroatoms. The zero-order valence-electron chi connectivity index (χ0n) is 10.4. The molecule has 1 rings (SSSR count). The maximum atomic E-state index is 10.3. The van der Waals surface area contributed by atoms with Crippen molar-refractivity contribution in [1.29, 1.82) is 0 Å². The van der Waals surface area contributed by atoms with Crippen LogP contribution < -0.4 is 0 Å². The Morgan fingerprint density at radius 2 is 1.11 bits per heavy atom. The molecule has 0 aromatic heterocycles. The Labute approximate surface area is 104 Å². The van der Waals surface area contributed by atoms with Gasteiger partial charge in [0.25, 0.3) is 0 Å². The number of rotatable bonds is 2. The van der Waals surface area contributed by atoms with Crippen molar-refractivity contribution < 1.29 is 24.6 Å². The summed E-state index contributed by atoms with van der Waals surface area (Å²) in [5.41, 5.74) is 0.167. The molecule has 0 heterocycles. The van der Waals surface area contributed by atoms with Gasteiger partial charge in [-0.2, -0.15) is 0 Å². The van der Waals surface area contributed by atoms with Gasteiger partial charge in [-0.15, -0.1) is 0 Å². The van der Waals surface area contributed by atoms with Gasteiger partial charge >= 0.3 is 11.9 Å². The molecule has 1 aromatic carbocycles. The quantitative estimate of drug-likeness (QED) is 0.825. The van der Waals surface area contributed by atoms with E-state index in [1.54, 1.807) is 14.1 Å². The van der Waals surface area contributed by atoms with Crippen LogP contribution >= 0.6 is 0 Å². The highest BCUT2D eigenvalue weighted by molar-refractivity contribution is 5.91. The normalized spacial score (nSPS) is 8.83. The Morgan fingerprint density at radius 1 is 0.889 bits per heavy atom. The minimum Gasteiger partial charge on any atom is -0.478 e. The first-order chi connectivity index (χ1) is 8.25. The molecule has 0 unspecified atom stereocenters. The molecular weight excluding hydrogens is 238 g/mol. The number of carbonyl (C=O) groups excluding carboxylic acids is 1. The van der Waals surface area contributed by atoms with Crippen LogP contribution in [0.5, 0.6) is 0 Å². The Hall–Kier alpha value is -2.37. The molecule has 0 aliphatic carbocycles. The summed E-state index contributed by atoms with van der Waals surface area (Å²) in [6.07, 6.45) is 0. The van der Waals surface area contributed by atoms with Crippen molar-refractivity contribution in [3.05, 3.63) is 35.4 Å². The van der Waals surface area contributed by atoms with Crippen molar-refractivity contribution in [3.8, 4) is 0 Å². The number of hydrogen-bond acceptors (Lipinski definition) is 3. The highest BCUT2D eigenvalue weighted by Gasteiger charge is 2.04. The summed E-state index contributed by atoms with van der Waals surface area (Å²) in [5, 5.41) is 16.9. The van der Waals surface area contributed by atoms with E-state index in [1.807, 2.05) is 0 Å². The molecule has 0 saturated carbocycles. The molecule has 6 nitrogen and oxygen atoms in total. The fourth-order valence-electron chi connectivity index (χ4n) is 0.755. The molecule has 18 heavy (non-hydrogen) atoms. The summed E-state index contributed by atoms with van der Waals surface area (Å²) in [6, 6.07) is 5.02. The van der Waals surface area contributed by atoms with Crippen LogP contribution in [0.4, 0.5) is 0 Å². The van der Waals surface area contributed by atoms with Crippen LogP contribution in [0.2, 0.25) is 0 Å². The van der Waals surface area contributed by atoms with Crippen LogP contribution in [-0.2, 0) is 4.79 Å². The highest BCUT2D eigenvalue weighted by Crippen LogP contribution is 2.03. The van der Waals surface area contributed by atoms with E-state index >= 15 is 0 Å². The molecule has 0 saturated heterocycles. The lowest BCUT2D eigenvalue weighted by atomic mass is 10.1. The highest BCUT2D eigenvalue weighted by atomic mass is 16.4. The summed E-state index contributed by atoms with van der Waals surface area (Å²) in [4.78, 5) is 32.3. The number of benzene rings is 1. The second-order valence-corrected chi connectivity index (χ2v) is 3.60. The largest absolute Gasteiger partial charge is 0.478 e. The van der Waals surface area contributed by atoms with E-state index in [-0.39, 0.29) is 17.0 Å². The lowest BCUT2D eigenvalue weighted by molar-refractivity contribution is -0.126. The van der Waals surface area contributed by atoms with Crippen molar-refractivity contribution in [2.45, 2.75) is 6.92 Å². The third-order valence-electron chi connectivity index (χ3n) is 2.01. The standard InChI is InChI=1S/C8H6O4.C4H9NO/c9-7(10)5-1-2-6(4-3-5)8(11)12;1-4(6)5(2)3/h1-4H,(H,9,10)(H,11,12);1-3H3. The van der Waals surface area contributed by atoms with Gasteiger partial charge in [0.15, 0.2) is 0 Å². The molecule has 0 atom stereocenters. The average Bonchev–Trinajstić information content (AvgIpc) is 2.29. The van der Waals surface area contributed by atoms with Crippen LogP contribution in [0.3, 0.4) is 0 Å². The third-order valence-corrected chi connectivity index (χ3v) is 2.01. The monoisotopic (exact) mass is 253 g/mol. The number of amides is 1. The first kappa shape index (κ1) is 15.6. The number of nitrogens with zero attached hydrogens (tertiary/aromatic N) is 1. The van der Waals surface area contributed by atoms with Crippen LogP contribution in [0.15, 0.2) is 24.3 Å². The Balaban J connectivity index is 0.000000411. The fourth-order valence-corrected chi connectivity index (χ4v) is 0.755. The summed E-state index contributed by atoms with van der Waals surface area (Å²) >= 11 is 0. The summed E-state index contributed by atoms with van der Waals surface area (Å²) < 4.78 is 0. The number of carboxylic acids is 2. The lowest BCUT2D eigenvalue weighted by Crippen LogP contribution is -2.17. The van der Waals surface area contributed by atoms with Crippen molar-refractivity contribution in [2.75, 3.05) is 14.1 Å². The van der Waals surface area contributed by atoms with Crippen molar-refractivity contribution in [3.63, 3.8) is 0 Å². The average molecular weight is 253 g/mol. The predicted octanol–water partition coefficient (Wildman–Crippen LogP) is 1.18. The topological polar surface area (TPSA) is 94.9 Å². The lowest BCUT2D eigenvalue weighted by Gasteiger charge is -2.02. The zero-order chi connectivity index (χ0) is 14.3. The van der Waals surface area contributed by atoms with Crippen LogP contribution in [0, 0.1) is 0 Å². The molecule has 0 aliphatic rings. The Morgan fingerprint density at radius 3 is 1.22 bits per heavy atom. The van der Waals surface area contributed by atoms with Gasteiger partial charge in [0.05, 0.1) is 11.1 Å². The van der Waals surface area contributed by atoms with Gasteiger partial charge in [-0.3, -0.25) is 4.79 Å². The third kappa shape index (κ3) is 5.64. The smallest absolute Gasteiger partial charge is 0.335 e. The van der Waals surface area contributed by atoms with Gasteiger partial charge in [0, 0.05) is 21.0 Å². The van der Waals surface area contributed by atoms with E-state index < -0.39 is 11.9 Å². The van der Waals surface area contributed by atoms with Gasteiger partial charge < -0.3 is 15.1 Å². The maximum Gasteiger partial charge on any atom is 0.335 e. The van der Waals surface area contributed by atoms with Gasteiger partial charge in [0.2, 0.25) is 5.91 Å². The number of carboxylic acid groups (broad SMARTS) is 2. The second kappa shape index (κ2) is 7.05. The number of aromatic carboxylic acids is 2. The molecule has 0 spiro atoms. The minimum atomic E-state index is -1.06. The zero-order valence-corrected chi connectivity index (χ0v) is 10.4. The first-order valence-corrected chi connectivity index (χ1v) is 5.00. The Bertz CT molecular complexity index is 403. The number of hydrogen-bond donors (Lipinski definition) is 2. The molecule has 0 fully saturated rings. The number of carbonyl (C=O) groups is 3. The molecule has 0 radical (unpaired) electrons. The predicted molar refractivity (Wildman–Crippen MR) is 64.7 cm³/mol. The van der Waals surface area contributed by atoms with E-state index in [0.29, 0.717) is 0 Å². The van der Waals surface area contributed by atoms with Crippen LogP contribution in [-0.4, -0.2) is 47.1 Å². The van der Waals surface area contributed by atoms with Gasteiger partial charge in [-0.1, -0.05) is 0 Å². The summed E-state index contributed by atoms with van der Waals surface area (Å²) in [5.74, 6) is -2.03. The van der Waals surface area contributed by atoms with Gasteiger partial charge in [-0.25, -0.2) is 9.59 Å². The minimum absolute atomic E-state index is 0.0833. The molecular formula is C12H15NO5. The van der Waals surface area contributed by atoms with Crippen molar-refractivity contribution >= 4 is 17.8 Å². The van der Waals surface area contributed by atoms with Crippen molar-refractivity contribution in [2.24, 2.45) is 0 Å². The molecule has 98 valence electrons. The van der Waals surface area contributed by atoms with Crippen LogP contribution in [0.1, 0.15) is 27.6 Å². The molecule has 1 amide bonds. The molecule has 0 bridgehead atoms. The van der Waals surface area contributed by atoms with Gasteiger partial charge in [0.1, 0.15) is 0 Å². The molecule has 0 aliphatic heterocycles. The van der Waals surface area contributed by atoms with E-state index in [1.165, 1.54) is 36.1 Å². The van der Waals surface area contributed by atoms with E-state index in [9.17, 15) is 14.4 Å². The van der Waals surface area contributed by atoms with Crippen molar-refractivity contribution in [1.82, 2.24) is 4.90 Å². The summed E-state index contributed by atoms with van der Waals surface area (Å²) in [6.45, 7) is 1.53. The molecule has 2 N–H and O–H groups in total. The van der Waals surface area contributed by atoms with Crippen LogP contribution in [0.25, 0.3) is 0 Å². The Kier molecular flexibility index (Phi) is 6.12. The maximum absolute atomic E-state index is 10.3. The summed E-state index contributed by atoms with van der Waals surface area (Å²) in [7, 11) is 3.45. The van der Waals surface area contributed by atoms with E-state index in [2.05, 4.69) is 0 Å². The second-order valence-electron chi connectivity index (χ2n) is 3.60. The first-order valence-electron chi connectivity index (χ1n) is 5.00. The van der Waals surface area contributed by atoms with E-state index in [4.69, 9.17) is 10.2 Å². The van der Waals surface area contributed by atoms with E-state index in [0.717, 1.165) is 0 Å².